The van der Waals surface area contributed by atoms with Crippen LogP contribution in [-0.4, -0.2) is 24.1 Å². The minimum Gasteiger partial charge on any atom is -0.378 e. The second-order valence-corrected chi connectivity index (χ2v) is 5.01. The lowest BCUT2D eigenvalue weighted by Crippen LogP contribution is -2.11. The number of halogens is 1. The molecule has 0 saturated carbocycles. The van der Waals surface area contributed by atoms with E-state index in [0.29, 0.717) is 9.39 Å². The van der Waals surface area contributed by atoms with E-state index in [9.17, 15) is 4.79 Å². The minimum absolute atomic E-state index is 0.104. The molecular weight excluding hydrogens is 329 g/mol. The third kappa shape index (κ3) is 2.66. The van der Waals surface area contributed by atoms with Crippen molar-refractivity contribution < 1.29 is 0 Å². The van der Waals surface area contributed by atoms with Crippen LogP contribution in [0.4, 0.5) is 5.69 Å². The summed E-state index contributed by atoms with van der Waals surface area (Å²) < 4.78 is 0.594. The van der Waals surface area contributed by atoms with Gasteiger partial charge in [0.2, 0.25) is 0 Å². The number of aromatic nitrogens is 2. The Kier molecular flexibility index (Phi) is 3.46. The molecule has 2 aromatic rings. The summed E-state index contributed by atoms with van der Waals surface area (Å²) in [6, 6.07) is 7.88. The zero-order valence-electron chi connectivity index (χ0n) is 9.57. The molecule has 0 aliphatic rings. The summed E-state index contributed by atoms with van der Waals surface area (Å²) >= 11 is 1.96. The summed E-state index contributed by atoms with van der Waals surface area (Å²) in [4.78, 5) is 20.5. The van der Waals surface area contributed by atoms with Crippen molar-refractivity contribution in [2.75, 3.05) is 19.0 Å². The number of anilines is 1. The fraction of sp³-hybridized carbons (Fsp3) is 0.167. The second kappa shape index (κ2) is 4.87. The van der Waals surface area contributed by atoms with Crippen LogP contribution in [0, 0.1) is 3.57 Å². The van der Waals surface area contributed by atoms with Gasteiger partial charge in [-0.15, -0.1) is 0 Å². The van der Waals surface area contributed by atoms with Crippen molar-refractivity contribution in [2.45, 2.75) is 0 Å². The van der Waals surface area contributed by atoms with Gasteiger partial charge in [-0.05, 0) is 46.9 Å². The van der Waals surface area contributed by atoms with Gasteiger partial charge in [0, 0.05) is 31.5 Å². The molecule has 88 valence electrons. The lowest BCUT2D eigenvalue weighted by atomic mass is 10.2. The maximum absolute atomic E-state index is 11.5. The summed E-state index contributed by atoms with van der Waals surface area (Å²) in [5, 5.41) is 0. The number of hydrogen-bond donors (Lipinski definition) is 1. The molecule has 1 heterocycles. The van der Waals surface area contributed by atoms with Gasteiger partial charge in [-0.2, -0.15) is 0 Å². The van der Waals surface area contributed by atoms with E-state index in [-0.39, 0.29) is 5.56 Å². The summed E-state index contributed by atoms with van der Waals surface area (Å²) in [6.45, 7) is 0. The first-order chi connectivity index (χ1) is 8.08. The molecule has 0 unspecified atom stereocenters. The summed E-state index contributed by atoms with van der Waals surface area (Å²) in [5.41, 5.74) is 1.91. The number of H-pyrrole nitrogens is 1. The highest BCUT2D eigenvalue weighted by molar-refractivity contribution is 14.1. The first-order valence-corrected chi connectivity index (χ1v) is 6.18. The molecule has 4 nitrogen and oxygen atoms in total. The normalized spacial score (nSPS) is 10.3. The van der Waals surface area contributed by atoms with Crippen molar-refractivity contribution in [3.05, 3.63) is 44.4 Å². The number of nitrogens with one attached hydrogen (secondary N) is 1. The Bertz CT molecular complexity index is 575. The molecule has 0 aliphatic heterocycles. The monoisotopic (exact) mass is 341 g/mol. The van der Waals surface area contributed by atoms with Crippen LogP contribution < -0.4 is 10.5 Å². The van der Waals surface area contributed by atoms with Gasteiger partial charge in [0.1, 0.15) is 5.82 Å². The molecule has 0 bridgehead atoms. The maximum Gasteiger partial charge on any atom is 0.264 e. The minimum atomic E-state index is -0.104. The molecule has 5 heteroatoms. The van der Waals surface area contributed by atoms with Gasteiger partial charge in [-0.1, -0.05) is 0 Å². The average Bonchev–Trinajstić information content (AvgIpc) is 2.33. The largest absolute Gasteiger partial charge is 0.378 e. The van der Waals surface area contributed by atoms with Crippen LogP contribution in [0.3, 0.4) is 0 Å². The van der Waals surface area contributed by atoms with Crippen molar-refractivity contribution in [3.8, 4) is 11.4 Å². The van der Waals surface area contributed by atoms with Gasteiger partial charge in [-0.3, -0.25) is 4.79 Å². The number of nitrogens with zero attached hydrogens (tertiary/aromatic N) is 2. The second-order valence-electron chi connectivity index (χ2n) is 3.85. The Labute approximate surface area is 113 Å². The predicted molar refractivity (Wildman–Crippen MR) is 77.3 cm³/mol. The van der Waals surface area contributed by atoms with E-state index in [2.05, 4.69) is 9.97 Å². The fourth-order valence-electron chi connectivity index (χ4n) is 1.44. The quantitative estimate of drug-likeness (QED) is 0.852. The Hall–Kier alpha value is -1.37. The van der Waals surface area contributed by atoms with E-state index in [1.807, 2.05) is 65.9 Å². The molecule has 1 N–H and O–H groups in total. The Morgan fingerprint density at radius 2 is 1.88 bits per heavy atom. The van der Waals surface area contributed by atoms with E-state index >= 15 is 0 Å². The van der Waals surface area contributed by atoms with Crippen molar-refractivity contribution in [1.29, 1.82) is 0 Å². The van der Waals surface area contributed by atoms with Crippen molar-refractivity contribution in [3.63, 3.8) is 0 Å². The summed E-state index contributed by atoms with van der Waals surface area (Å²) in [5.74, 6) is 0.598. The first-order valence-electron chi connectivity index (χ1n) is 5.10. The summed E-state index contributed by atoms with van der Waals surface area (Å²) in [7, 11) is 3.97. The topological polar surface area (TPSA) is 49.0 Å². The molecule has 0 amide bonds. The zero-order valence-corrected chi connectivity index (χ0v) is 11.7. The van der Waals surface area contributed by atoms with Crippen LogP contribution in [0.25, 0.3) is 11.4 Å². The van der Waals surface area contributed by atoms with Crippen LogP contribution in [0.1, 0.15) is 0 Å². The van der Waals surface area contributed by atoms with Crippen molar-refractivity contribution in [1.82, 2.24) is 9.97 Å². The SMILES string of the molecule is CN(C)c1ccc(-c2ncc(I)c(=O)[nH]2)cc1. The van der Waals surface area contributed by atoms with Crippen LogP contribution in [0.2, 0.25) is 0 Å². The highest BCUT2D eigenvalue weighted by Gasteiger charge is 2.03. The molecule has 0 atom stereocenters. The fourth-order valence-corrected chi connectivity index (χ4v) is 1.72. The molecule has 0 aliphatic carbocycles. The van der Waals surface area contributed by atoms with Gasteiger partial charge < -0.3 is 9.88 Å². The third-order valence-electron chi connectivity index (χ3n) is 2.41. The Morgan fingerprint density at radius 3 is 2.41 bits per heavy atom. The van der Waals surface area contributed by atoms with Crippen LogP contribution in [0.5, 0.6) is 0 Å². The maximum atomic E-state index is 11.5. The van der Waals surface area contributed by atoms with Crippen LogP contribution >= 0.6 is 22.6 Å². The molecule has 1 aromatic carbocycles. The molecular formula is C12H12IN3O. The molecule has 0 saturated heterocycles. The van der Waals surface area contributed by atoms with Gasteiger partial charge in [0.15, 0.2) is 0 Å². The van der Waals surface area contributed by atoms with E-state index in [0.717, 1.165) is 11.3 Å². The molecule has 0 spiro atoms. The van der Waals surface area contributed by atoms with Crippen molar-refractivity contribution in [2.24, 2.45) is 0 Å². The molecule has 0 fully saturated rings. The van der Waals surface area contributed by atoms with E-state index in [4.69, 9.17) is 0 Å². The smallest absolute Gasteiger partial charge is 0.264 e. The van der Waals surface area contributed by atoms with Gasteiger partial charge >= 0.3 is 0 Å². The highest BCUT2D eigenvalue weighted by Crippen LogP contribution is 2.18. The number of rotatable bonds is 2. The number of benzene rings is 1. The molecule has 17 heavy (non-hydrogen) atoms. The van der Waals surface area contributed by atoms with Crippen LogP contribution in [0.15, 0.2) is 35.3 Å². The average molecular weight is 341 g/mol. The lowest BCUT2D eigenvalue weighted by molar-refractivity contribution is 1.10. The Balaban J connectivity index is 2.40. The third-order valence-corrected chi connectivity index (χ3v) is 3.18. The van der Waals surface area contributed by atoms with Gasteiger partial charge in [0.05, 0.1) is 3.57 Å². The molecule has 0 radical (unpaired) electrons. The Morgan fingerprint density at radius 1 is 1.24 bits per heavy atom. The predicted octanol–water partition coefficient (Wildman–Crippen LogP) is 2.11. The number of hydrogen-bond acceptors (Lipinski definition) is 3. The standard InChI is InChI=1S/C12H12IN3O/c1-16(2)9-5-3-8(4-6-9)11-14-7-10(13)12(17)15-11/h3-7H,1-2H3,(H,14,15,17). The highest BCUT2D eigenvalue weighted by atomic mass is 127. The summed E-state index contributed by atoms with van der Waals surface area (Å²) in [6.07, 6.45) is 1.58. The lowest BCUT2D eigenvalue weighted by Gasteiger charge is -2.12. The van der Waals surface area contributed by atoms with Crippen LogP contribution in [-0.2, 0) is 0 Å². The van der Waals surface area contributed by atoms with E-state index in [1.54, 1.807) is 6.20 Å². The first kappa shape index (κ1) is 12.1. The molecule has 2 rings (SSSR count). The van der Waals surface area contributed by atoms with Gasteiger partial charge in [-0.25, -0.2) is 4.98 Å². The van der Waals surface area contributed by atoms with Crippen molar-refractivity contribution >= 4 is 28.3 Å². The van der Waals surface area contributed by atoms with E-state index in [1.165, 1.54) is 0 Å². The van der Waals surface area contributed by atoms with Gasteiger partial charge in [0.25, 0.3) is 5.56 Å². The zero-order chi connectivity index (χ0) is 12.4. The molecule has 1 aromatic heterocycles. The van der Waals surface area contributed by atoms with E-state index < -0.39 is 0 Å². The number of aromatic amines is 1.